The standard InChI is InChI=1S/C17H34N2O/c1-5-7-11-20-12-10-19-14-16(3,6-2)18-13-17(19,4)15-8-9-15/h15,18H,5-14H2,1-4H3. The summed E-state index contributed by atoms with van der Waals surface area (Å²) in [5.74, 6) is 0.895. The number of nitrogens with one attached hydrogen (secondary N) is 1. The van der Waals surface area contributed by atoms with E-state index in [-0.39, 0.29) is 5.54 Å². The molecular weight excluding hydrogens is 248 g/mol. The Kier molecular flexibility index (Phi) is 5.49. The van der Waals surface area contributed by atoms with E-state index in [0.717, 1.165) is 38.8 Å². The van der Waals surface area contributed by atoms with Gasteiger partial charge in [0, 0.05) is 37.3 Å². The largest absolute Gasteiger partial charge is 0.380 e. The molecule has 2 fully saturated rings. The fourth-order valence-electron chi connectivity index (χ4n) is 3.36. The molecule has 20 heavy (non-hydrogen) atoms. The van der Waals surface area contributed by atoms with Gasteiger partial charge in [0.1, 0.15) is 0 Å². The summed E-state index contributed by atoms with van der Waals surface area (Å²) in [4.78, 5) is 2.72. The summed E-state index contributed by atoms with van der Waals surface area (Å²) in [6.45, 7) is 14.5. The number of unbranched alkanes of at least 4 members (excludes halogenated alkanes) is 1. The molecule has 1 aliphatic carbocycles. The molecule has 2 unspecified atom stereocenters. The van der Waals surface area contributed by atoms with Crippen LogP contribution >= 0.6 is 0 Å². The summed E-state index contributed by atoms with van der Waals surface area (Å²) in [6.07, 6.45) is 6.43. The van der Waals surface area contributed by atoms with Crippen molar-refractivity contribution in [2.24, 2.45) is 5.92 Å². The summed E-state index contributed by atoms with van der Waals surface area (Å²) in [5.41, 5.74) is 0.626. The molecule has 0 spiro atoms. The van der Waals surface area contributed by atoms with E-state index in [0.29, 0.717) is 5.54 Å². The molecule has 0 radical (unpaired) electrons. The molecule has 1 saturated carbocycles. The zero-order chi connectivity index (χ0) is 14.6. The molecule has 0 aromatic carbocycles. The van der Waals surface area contributed by atoms with Gasteiger partial charge in [-0.05, 0) is 45.4 Å². The minimum atomic E-state index is 0.276. The topological polar surface area (TPSA) is 24.5 Å². The smallest absolute Gasteiger partial charge is 0.0593 e. The van der Waals surface area contributed by atoms with Crippen molar-refractivity contribution in [2.75, 3.05) is 32.8 Å². The summed E-state index contributed by atoms with van der Waals surface area (Å²) in [6, 6.07) is 0. The molecule has 1 aliphatic heterocycles. The molecule has 0 aromatic rings. The van der Waals surface area contributed by atoms with Crippen LogP contribution in [0.25, 0.3) is 0 Å². The highest BCUT2D eigenvalue weighted by atomic mass is 16.5. The second-order valence-corrected chi connectivity index (χ2v) is 7.29. The third kappa shape index (κ3) is 3.75. The zero-order valence-electron chi connectivity index (χ0n) is 14.0. The Morgan fingerprint density at radius 1 is 1.20 bits per heavy atom. The lowest BCUT2D eigenvalue weighted by atomic mass is 9.84. The van der Waals surface area contributed by atoms with Crippen LogP contribution in [0.1, 0.15) is 59.8 Å². The van der Waals surface area contributed by atoms with Crippen LogP contribution in [0.5, 0.6) is 0 Å². The van der Waals surface area contributed by atoms with Crippen molar-refractivity contribution in [1.29, 1.82) is 0 Å². The van der Waals surface area contributed by atoms with Gasteiger partial charge in [0.25, 0.3) is 0 Å². The lowest BCUT2D eigenvalue weighted by Gasteiger charge is -2.52. The van der Waals surface area contributed by atoms with E-state index in [2.05, 4.69) is 37.9 Å². The van der Waals surface area contributed by atoms with E-state index in [1.165, 1.54) is 32.1 Å². The highest BCUT2D eigenvalue weighted by molar-refractivity contribution is 5.07. The Bertz CT molecular complexity index is 305. The number of nitrogens with zero attached hydrogens (tertiary/aromatic N) is 1. The van der Waals surface area contributed by atoms with Gasteiger partial charge in [-0.15, -0.1) is 0 Å². The van der Waals surface area contributed by atoms with Crippen LogP contribution in [0, 0.1) is 5.92 Å². The van der Waals surface area contributed by atoms with Crippen LogP contribution in [0.4, 0.5) is 0 Å². The molecule has 2 aliphatic rings. The SMILES string of the molecule is CCCCOCCN1CC(C)(CC)NCC1(C)C1CC1. The molecule has 2 rings (SSSR count). The predicted molar refractivity (Wildman–Crippen MR) is 85.1 cm³/mol. The lowest BCUT2D eigenvalue weighted by molar-refractivity contribution is -0.0155. The highest BCUT2D eigenvalue weighted by Crippen LogP contribution is 2.44. The Balaban J connectivity index is 1.88. The van der Waals surface area contributed by atoms with Gasteiger partial charge in [0.2, 0.25) is 0 Å². The molecule has 0 amide bonds. The maximum absolute atomic E-state index is 5.81. The summed E-state index contributed by atoms with van der Waals surface area (Å²) in [7, 11) is 0. The summed E-state index contributed by atoms with van der Waals surface area (Å²) >= 11 is 0. The number of hydrogen-bond donors (Lipinski definition) is 1. The average Bonchev–Trinajstić information content (AvgIpc) is 3.27. The third-order valence-corrected chi connectivity index (χ3v) is 5.52. The Morgan fingerprint density at radius 2 is 1.95 bits per heavy atom. The molecule has 3 heteroatoms. The maximum atomic E-state index is 5.81. The van der Waals surface area contributed by atoms with Crippen LogP contribution < -0.4 is 5.32 Å². The number of ether oxygens (including phenoxy) is 1. The first-order chi connectivity index (χ1) is 9.54. The first-order valence-corrected chi connectivity index (χ1v) is 8.62. The van der Waals surface area contributed by atoms with Gasteiger partial charge in [0.15, 0.2) is 0 Å². The van der Waals surface area contributed by atoms with E-state index < -0.39 is 0 Å². The number of piperazine rings is 1. The van der Waals surface area contributed by atoms with Crippen LogP contribution in [-0.4, -0.2) is 48.8 Å². The van der Waals surface area contributed by atoms with Gasteiger partial charge in [0.05, 0.1) is 6.61 Å². The molecule has 3 nitrogen and oxygen atoms in total. The van der Waals surface area contributed by atoms with Gasteiger partial charge < -0.3 is 10.1 Å². The zero-order valence-corrected chi connectivity index (χ0v) is 14.0. The van der Waals surface area contributed by atoms with Crippen molar-refractivity contribution >= 4 is 0 Å². The van der Waals surface area contributed by atoms with Crippen LogP contribution in [0.2, 0.25) is 0 Å². The second kappa shape index (κ2) is 6.76. The first-order valence-electron chi connectivity index (χ1n) is 8.62. The van der Waals surface area contributed by atoms with Crippen molar-refractivity contribution in [3.63, 3.8) is 0 Å². The molecular formula is C17H34N2O. The summed E-state index contributed by atoms with van der Waals surface area (Å²) in [5, 5.41) is 3.82. The maximum Gasteiger partial charge on any atom is 0.0593 e. The summed E-state index contributed by atoms with van der Waals surface area (Å²) < 4.78 is 5.81. The highest BCUT2D eigenvalue weighted by Gasteiger charge is 2.50. The quantitative estimate of drug-likeness (QED) is 0.693. The second-order valence-electron chi connectivity index (χ2n) is 7.29. The van der Waals surface area contributed by atoms with Gasteiger partial charge >= 0.3 is 0 Å². The van der Waals surface area contributed by atoms with Gasteiger partial charge in [-0.2, -0.15) is 0 Å². The van der Waals surface area contributed by atoms with E-state index >= 15 is 0 Å². The van der Waals surface area contributed by atoms with Crippen molar-refractivity contribution in [3.8, 4) is 0 Å². The molecule has 0 aromatic heterocycles. The Hall–Kier alpha value is -0.120. The van der Waals surface area contributed by atoms with Crippen LogP contribution in [-0.2, 0) is 4.74 Å². The monoisotopic (exact) mass is 282 g/mol. The van der Waals surface area contributed by atoms with Gasteiger partial charge in [-0.25, -0.2) is 0 Å². The van der Waals surface area contributed by atoms with Gasteiger partial charge in [-0.3, -0.25) is 4.90 Å². The minimum Gasteiger partial charge on any atom is -0.380 e. The van der Waals surface area contributed by atoms with Crippen molar-refractivity contribution in [3.05, 3.63) is 0 Å². The molecule has 1 N–H and O–H groups in total. The van der Waals surface area contributed by atoms with E-state index in [1.54, 1.807) is 0 Å². The Morgan fingerprint density at radius 3 is 2.55 bits per heavy atom. The normalized spacial score (nSPS) is 35.4. The van der Waals surface area contributed by atoms with E-state index in [9.17, 15) is 0 Å². The predicted octanol–water partition coefficient (Wildman–Crippen LogP) is 3.05. The average molecular weight is 282 g/mol. The van der Waals surface area contributed by atoms with Crippen molar-refractivity contribution in [2.45, 2.75) is 70.9 Å². The lowest BCUT2D eigenvalue weighted by Crippen LogP contribution is -2.69. The van der Waals surface area contributed by atoms with E-state index in [4.69, 9.17) is 4.74 Å². The molecule has 1 heterocycles. The molecule has 118 valence electrons. The fraction of sp³-hybridized carbons (Fsp3) is 1.00. The third-order valence-electron chi connectivity index (χ3n) is 5.52. The van der Waals surface area contributed by atoms with Crippen LogP contribution in [0.3, 0.4) is 0 Å². The molecule has 1 saturated heterocycles. The first kappa shape index (κ1) is 16.3. The van der Waals surface area contributed by atoms with Crippen LogP contribution in [0.15, 0.2) is 0 Å². The number of hydrogen-bond acceptors (Lipinski definition) is 3. The fourth-order valence-corrected chi connectivity index (χ4v) is 3.36. The minimum absolute atomic E-state index is 0.276. The van der Waals surface area contributed by atoms with E-state index in [1.807, 2.05) is 0 Å². The molecule has 2 atom stereocenters. The van der Waals surface area contributed by atoms with Crippen molar-refractivity contribution in [1.82, 2.24) is 10.2 Å². The van der Waals surface area contributed by atoms with Gasteiger partial charge in [-0.1, -0.05) is 20.3 Å². The number of rotatable bonds is 8. The van der Waals surface area contributed by atoms with Crippen molar-refractivity contribution < 1.29 is 4.74 Å². The molecule has 0 bridgehead atoms. The Labute approximate surface area is 125 Å².